The monoisotopic (exact) mass is 512 g/mol. The van der Waals surface area contributed by atoms with Gasteiger partial charge < -0.3 is 9.30 Å². The maximum atomic E-state index is 13.3. The molecular formula is C26H32N4O3S2. The van der Waals surface area contributed by atoms with Gasteiger partial charge in [0.25, 0.3) is 0 Å². The van der Waals surface area contributed by atoms with Crippen LogP contribution in [0.3, 0.4) is 0 Å². The van der Waals surface area contributed by atoms with E-state index >= 15 is 0 Å². The van der Waals surface area contributed by atoms with Gasteiger partial charge in [-0.15, -0.1) is 0 Å². The highest BCUT2D eigenvalue weighted by Crippen LogP contribution is 2.31. The summed E-state index contributed by atoms with van der Waals surface area (Å²) in [5.74, 6) is 0.973. The lowest BCUT2D eigenvalue weighted by Gasteiger charge is -2.30. The molecular weight excluding hydrogens is 480 g/mol. The van der Waals surface area contributed by atoms with Gasteiger partial charge in [0.15, 0.2) is 5.16 Å². The summed E-state index contributed by atoms with van der Waals surface area (Å²) in [4.78, 5) is 5.13. The summed E-state index contributed by atoms with van der Waals surface area (Å²) in [5, 5.41) is 10.2. The molecule has 0 saturated carbocycles. The van der Waals surface area contributed by atoms with Crippen molar-refractivity contribution in [3.8, 4) is 6.07 Å². The summed E-state index contributed by atoms with van der Waals surface area (Å²) in [6, 6.07) is 15.1. The second kappa shape index (κ2) is 11.6. The number of nitriles is 1. The molecule has 4 rings (SSSR count). The minimum atomic E-state index is -3.56. The average Bonchev–Trinajstić information content (AvgIpc) is 3.22. The summed E-state index contributed by atoms with van der Waals surface area (Å²) < 4.78 is 35.9. The minimum absolute atomic E-state index is 0.296. The van der Waals surface area contributed by atoms with E-state index in [0.717, 1.165) is 35.5 Å². The van der Waals surface area contributed by atoms with Gasteiger partial charge in [-0.3, -0.25) is 0 Å². The zero-order valence-corrected chi connectivity index (χ0v) is 21.9. The zero-order valence-electron chi connectivity index (χ0n) is 20.3. The molecule has 186 valence electrons. The first-order valence-electron chi connectivity index (χ1n) is 12.1. The molecule has 3 aromatic rings. The normalized spacial score (nSPS) is 17.0. The van der Waals surface area contributed by atoms with Crippen molar-refractivity contribution in [1.82, 2.24) is 13.9 Å². The number of fused-ring (bicyclic) bond motifs is 1. The van der Waals surface area contributed by atoms with Crippen LogP contribution in [0.1, 0.15) is 44.2 Å². The summed E-state index contributed by atoms with van der Waals surface area (Å²) >= 11 is 1.56. The third-order valence-electron chi connectivity index (χ3n) is 6.31. The number of aromatic nitrogens is 2. The van der Waals surface area contributed by atoms with Gasteiger partial charge in [-0.2, -0.15) is 9.57 Å². The fourth-order valence-electron chi connectivity index (χ4n) is 4.45. The SMILES string of the molecule is CCOCCCn1c(SCc2ccccc2C#N)nc2cc(S(=O)(=O)N3CCC[C@@H](C)C3)ccc21. The molecule has 1 saturated heterocycles. The molecule has 0 spiro atoms. The Kier molecular flexibility index (Phi) is 8.50. The van der Waals surface area contributed by atoms with Crippen LogP contribution < -0.4 is 0 Å². The van der Waals surface area contributed by atoms with Crippen LogP contribution in [0.2, 0.25) is 0 Å². The van der Waals surface area contributed by atoms with Gasteiger partial charge in [0.05, 0.1) is 27.6 Å². The quantitative estimate of drug-likeness (QED) is 0.279. The van der Waals surface area contributed by atoms with Crippen molar-refractivity contribution in [2.45, 2.75) is 55.5 Å². The Labute approximate surface area is 212 Å². The van der Waals surface area contributed by atoms with Crippen molar-refractivity contribution in [3.05, 3.63) is 53.6 Å². The number of sulfonamides is 1. The Bertz CT molecular complexity index is 1310. The van der Waals surface area contributed by atoms with Crippen molar-refractivity contribution in [1.29, 1.82) is 5.26 Å². The number of aryl methyl sites for hydroxylation is 1. The first kappa shape index (κ1) is 25.7. The first-order valence-corrected chi connectivity index (χ1v) is 14.6. The molecule has 7 nitrogen and oxygen atoms in total. The van der Waals surface area contributed by atoms with Crippen LogP contribution >= 0.6 is 11.8 Å². The van der Waals surface area contributed by atoms with Crippen LogP contribution in [0.15, 0.2) is 52.5 Å². The minimum Gasteiger partial charge on any atom is -0.382 e. The topological polar surface area (TPSA) is 88.2 Å². The third kappa shape index (κ3) is 5.89. The number of piperidine rings is 1. The Morgan fingerprint density at radius 2 is 2.09 bits per heavy atom. The largest absolute Gasteiger partial charge is 0.382 e. The van der Waals surface area contributed by atoms with E-state index in [0.29, 0.717) is 60.5 Å². The average molecular weight is 513 g/mol. The molecule has 35 heavy (non-hydrogen) atoms. The Morgan fingerprint density at radius 3 is 2.86 bits per heavy atom. The lowest BCUT2D eigenvalue weighted by Crippen LogP contribution is -2.39. The summed E-state index contributed by atoms with van der Waals surface area (Å²) in [6.45, 7) is 7.25. The van der Waals surface area contributed by atoms with E-state index in [1.54, 1.807) is 28.2 Å². The van der Waals surface area contributed by atoms with Gasteiger partial charge in [-0.05, 0) is 61.9 Å². The summed E-state index contributed by atoms with van der Waals surface area (Å²) in [5.41, 5.74) is 3.19. The van der Waals surface area contributed by atoms with E-state index in [9.17, 15) is 13.7 Å². The van der Waals surface area contributed by atoms with E-state index < -0.39 is 10.0 Å². The number of nitrogens with zero attached hydrogens (tertiary/aromatic N) is 4. The number of rotatable bonds is 10. The van der Waals surface area contributed by atoms with Crippen LogP contribution in [0, 0.1) is 17.2 Å². The Balaban J connectivity index is 1.64. The lowest BCUT2D eigenvalue weighted by molar-refractivity contribution is 0.141. The van der Waals surface area contributed by atoms with E-state index in [1.807, 2.05) is 37.3 Å². The number of hydrogen-bond donors (Lipinski definition) is 0. The smallest absolute Gasteiger partial charge is 0.243 e. The molecule has 0 N–H and O–H groups in total. The molecule has 0 amide bonds. The molecule has 1 atom stereocenters. The molecule has 2 aromatic carbocycles. The standard InChI is InChI=1S/C26H32N4O3S2/c1-3-33-15-7-14-30-25-12-11-23(35(31,32)29-13-6-8-20(2)18-29)16-24(25)28-26(30)34-19-22-10-5-4-9-21(22)17-27/h4-5,9-12,16,20H,3,6-8,13-15,18-19H2,1-2H3/t20-/m1/s1. The maximum Gasteiger partial charge on any atom is 0.243 e. The number of hydrogen-bond acceptors (Lipinski definition) is 6. The predicted octanol–water partition coefficient (Wildman–Crippen LogP) is 5.05. The van der Waals surface area contributed by atoms with Gasteiger partial charge in [0, 0.05) is 38.6 Å². The molecule has 0 bridgehead atoms. The Morgan fingerprint density at radius 1 is 1.26 bits per heavy atom. The van der Waals surface area contributed by atoms with Crippen molar-refractivity contribution < 1.29 is 13.2 Å². The van der Waals surface area contributed by atoms with Crippen LogP contribution in [0.5, 0.6) is 0 Å². The fourth-order valence-corrected chi connectivity index (χ4v) is 7.12. The number of ether oxygens (including phenoxy) is 1. The van der Waals surface area contributed by atoms with Crippen molar-refractivity contribution in [3.63, 3.8) is 0 Å². The van der Waals surface area contributed by atoms with Crippen LogP contribution in [-0.4, -0.2) is 48.6 Å². The Hall–Kier alpha value is -2.38. The van der Waals surface area contributed by atoms with E-state index in [1.165, 1.54) is 0 Å². The molecule has 2 heterocycles. The third-order valence-corrected chi connectivity index (χ3v) is 9.20. The number of thioether (sulfide) groups is 1. The second-order valence-electron chi connectivity index (χ2n) is 8.92. The predicted molar refractivity (Wildman–Crippen MR) is 139 cm³/mol. The number of benzene rings is 2. The molecule has 9 heteroatoms. The van der Waals surface area contributed by atoms with E-state index in [-0.39, 0.29) is 0 Å². The van der Waals surface area contributed by atoms with Gasteiger partial charge in [-0.1, -0.05) is 36.9 Å². The van der Waals surface area contributed by atoms with Crippen molar-refractivity contribution >= 4 is 32.8 Å². The summed E-state index contributed by atoms with van der Waals surface area (Å²) in [7, 11) is -3.56. The van der Waals surface area contributed by atoms with Crippen molar-refractivity contribution in [2.24, 2.45) is 5.92 Å². The van der Waals surface area contributed by atoms with Crippen LogP contribution in [0.4, 0.5) is 0 Å². The molecule has 0 unspecified atom stereocenters. The maximum absolute atomic E-state index is 13.3. The van der Waals surface area contributed by atoms with Crippen LogP contribution in [-0.2, 0) is 27.1 Å². The second-order valence-corrected chi connectivity index (χ2v) is 11.8. The molecule has 1 aliphatic rings. The first-order chi connectivity index (χ1) is 16.9. The molecule has 0 radical (unpaired) electrons. The van der Waals surface area contributed by atoms with Gasteiger partial charge >= 0.3 is 0 Å². The van der Waals surface area contributed by atoms with Gasteiger partial charge in [-0.25, -0.2) is 13.4 Å². The fraction of sp³-hybridized carbons (Fsp3) is 0.462. The highest BCUT2D eigenvalue weighted by Gasteiger charge is 2.29. The van der Waals surface area contributed by atoms with Gasteiger partial charge in [0.1, 0.15) is 0 Å². The summed E-state index contributed by atoms with van der Waals surface area (Å²) in [6.07, 6.45) is 2.78. The number of imidazole rings is 1. The molecule has 1 aromatic heterocycles. The van der Waals surface area contributed by atoms with E-state index in [4.69, 9.17) is 9.72 Å². The lowest BCUT2D eigenvalue weighted by atomic mass is 10.0. The van der Waals surface area contributed by atoms with Crippen LogP contribution in [0.25, 0.3) is 11.0 Å². The van der Waals surface area contributed by atoms with E-state index in [2.05, 4.69) is 17.6 Å². The van der Waals surface area contributed by atoms with Gasteiger partial charge in [0.2, 0.25) is 10.0 Å². The van der Waals surface area contributed by atoms with Crippen molar-refractivity contribution in [2.75, 3.05) is 26.3 Å². The highest BCUT2D eigenvalue weighted by atomic mass is 32.2. The zero-order chi connectivity index (χ0) is 24.8. The molecule has 1 aliphatic heterocycles. The molecule has 1 fully saturated rings. The highest BCUT2D eigenvalue weighted by molar-refractivity contribution is 7.98. The molecule has 0 aliphatic carbocycles.